The number of nitrogens with zero attached hydrogens (tertiary/aromatic N) is 1. The molecule has 4 heteroatoms. The van der Waals surface area contributed by atoms with E-state index >= 15 is 0 Å². The van der Waals surface area contributed by atoms with Crippen molar-refractivity contribution in [2.45, 2.75) is 20.4 Å². The molecule has 0 bridgehead atoms. The van der Waals surface area contributed by atoms with Crippen LogP contribution in [0.2, 0.25) is 5.02 Å². The molecule has 0 aliphatic carbocycles. The van der Waals surface area contributed by atoms with Crippen LogP contribution in [0.15, 0.2) is 30.3 Å². The topological polar surface area (TPSA) is 17.0 Å². The van der Waals surface area contributed by atoms with E-state index in [1.165, 1.54) is 6.07 Å². The Labute approximate surface area is 105 Å². The highest BCUT2D eigenvalue weighted by atomic mass is 35.5. The third kappa shape index (κ3) is 2.61. The van der Waals surface area contributed by atoms with Crippen LogP contribution < -0.4 is 5.43 Å². The SMILES string of the molecule is Cc1ccc(C)n1NCc1ccc(F)c(Cl)c1. The summed E-state index contributed by atoms with van der Waals surface area (Å²) >= 11 is 5.73. The smallest absolute Gasteiger partial charge is 0.141 e. The fourth-order valence-electron chi connectivity index (χ4n) is 1.74. The normalized spacial score (nSPS) is 10.6. The van der Waals surface area contributed by atoms with E-state index in [2.05, 4.69) is 5.43 Å². The van der Waals surface area contributed by atoms with Gasteiger partial charge < -0.3 is 5.43 Å². The molecule has 2 nitrogen and oxygen atoms in total. The van der Waals surface area contributed by atoms with E-state index in [4.69, 9.17) is 11.6 Å². The fraction of sp³-hybridized carbons (Fsp3) is 0.231. The summed E-state index contributed by atoms with van der Waals surface area (Å²) in [6.07, 6.45) is 0. The molecule has 90 valence electrons. The highest BCUT2D eigenvalue weighted by Gasteiger charge is 2.03. The van der Waals surface area contributed by atoms with Crippen molar-refractivity contribution in [2.24, 2.45) is 0 Å². The van der Waals surface area contributed by atoms with Gasteiger partial charge in [0, 0.05) is 11.4 Å². The van der Waals surface area contributed by atoms with Crippen molar-refractivity contribution in [1.29, 1.82) is 0 Å². The van der Waals surface area contributed by atoms with Crippen molar-refractivity contribution in [2.75, 3.05) is 5.43 Å². The van der Waals surface area contributed by atoms with Crippen LogP contribution in [0.1, 0.15) is 17.0 Å². The summed E-state index contributed by atoms with van der Waals surface area (Å²) in [6, 6.07) is 8.83. The predicted octanol–water partition coefficient (Wildman–Crippen LogP) is 3.64. The Bertz CT molecular complexity index is 515. The summed E-state index contributed by atoms with van der Waals surface area (Å²) in [7, 11) is 0. The Kier molecular flexibility index (Phi) is 3.38. The molecule has 0 unspecified atom stereocenters. The van der Waals surface area contributed by atoms with Crippen molar-refractivity contribution in [3.05, 3.63) is 58.1 Å². The second-order valence-corrected chi connectivity index (χ2v) is 4.44. The number of aryl methyl sites for hydroxylation is 2. The van der Waals surface area contributed by atoms with Gasteiger partial charge in [0.1, 0.15) is 5.82 Å². The van der Waals surface area contributed by atoms with Crippen LogP contribution in [-0.4, -0.2) is 4.68 Å². The largest absolute Gasteiger partial charge is 0.322 e. The van der Waals surface area contributed by atoms with Crippen molar-refractivity contribution in [3.8, 4) is 0 Å². The number of hydrogen-bond donors (Lipinski definition) is 1. The van der Waals surface area contributed by atoms with E-state index in [1.807, 2.05) is 30.7 Å². The van der Waals surface area contributed by atoms with Crippen LogP contribution in [0.4, 0.5) is 4.39 Å². The highest BCUT2D eigenvalue weighted by molar-refractivity contribution is 6.30. The molecular weight excluding hydrogens is 239 g/mol. The number of halogens is 2. The standard InChI is InChI=1S/C13H14ClFN2/c1-9-3-4-10(2)17(9)16-8-11-5-6-13(15)12(14)7-11/h3-7,16H,8H2,1-2H3. The molecule has 0 atom stereocenters. The van der Waals surface area contributed by atoms with E-state index in [1.54, 1.807) is 12.1 Å². The van der Waals surface area contributed by atoms with Gasteiger partial charge in [-0.25, -0.2) is 4.39 Å². The lowest BCUT2D eigenvalue weighted by molar-refractivity contribution is 0.627. The number of rotatable bonds is 3. The van der Waals surface area contributed by atoms with Crippen LogP contribution in [-0.2, 0) is 6.54 Å². The number of nitrogens with one attached hydrogen (secondary N) is 1. The molecule has 0 saturated carbocycles. The molecule has 0 aliphatic heterocycles. The lowest BCUT2D eigenvalue weighted by atomic mass is 10.2. The zero-order valence-corrected chi connectivity index (χ0v) is 10.6. The van der Waals surface area contributed by atoms with Crippen molar-refractivity contribution in [3.63, 3.8) is 0 Å². The number of hydrogen-bond acceptors (Lipinski definition) is 1. The van der Waals surface area contributed by atoms with E-state index < -0.39 is 0 Å². The molecule has 1 N–H and O–H groups in total. The maximum absolute atomic E-state index is 13.0. The summed E-state index contributed by atoms with van der Waals surface area (Å²) in [5.74, 6) is -0.385. The molecule has 0 aliphatic rings. The summed E-state index contributed by atoms with van der Waals surface area (Å²) in [5.41, 5.74) is 6.48. The van der Waals surface area contributed by atoms with E-state index in [9.17, 15) is 4.39 Å². The van der Waals surface area contributed by atoms with Gasteiger partial charge in [0.15, 0.2) is 0 Å². The molecule has 2 rings (SSSR count). The monoisotopic (exact) mass is 252 g/mol. The first kappa shape index (κ1) is 12.0. The number of benzene rings is 1. The zero-order chi connectivity index (χ0) is 12.4. The molecule has 0 radical (unpaired) electrons. The minimum atomic E-state index is -0.385. The molecule has 0 spiro atoms. The lowest BCUT2D eigenvalue weighted by Gasteiger charge is -2.12. The maximum atomic E-state index is 13.0. The average Bonchev–Trinajstić information content (AvgIpc) is 2.61. The minimum absolute atomic E-state index is 0.158. The van der Waals surface area contributed by atoms with Gasteiger partial charge in [0.2, 0.25) is 0 Å². The van der Waals surface area contributed by atoms with Crippen molar-refractivity contribution < 1.29 is 4.39 Å². The Hall–Kier alpha value is -1.48. The third-order valence-corrected chi connectivity index (χ3v) is 2.99. The predicted molar refractivity (Wildman–Crippen MR) is 68.4 cm³/mol. The summed E-state index contributed by atoms with van der Waals surface area (Å²) in [4.78, 5) is 0. The Morgan fingerprint density at radius 3 is 2.41 bits per heavy atom. The molecule has 1 aromatic heterocycles. The number of aromatic nitrogens is 1. The van der Waals surface area contributed by atoms with Gasteiger partial charge in [0.05, 0.1) is 11.6 Å². The van der Waals surface area contributed by atoms with Crippen LogP contribution in [0, 0.1) is 19.7 Å². The first-order chi connectivity index (χ1) is 8.08. The highest BCUT2D eigenvalue weighted by Crippen LogP contribution is 2.16. The summed E-state index contributed by atoms with van der Waals surface area (Å²) in [6.45, 7) is 4.66. The zero-order valence-electron chi connectivity index (χ0n) is 9.80. The fourth-order valence-corrected chi connectivity index (χ4v) is 1.94. The molecule has 0 fully saturated rings. The van der Waals surface area contributed by atoms with Gasteiger partial charge in [-0.1, -0.05) is 17.7 Å². The molecule has 2 aromatic rings. The van der Waals surface area contributed by atoms with Gasteiger partial charge in [0.25, 0.3) is 0 Å². The van der Waals surface area contributed by atoms with Gasteiger partial charge in [-0.05, 0) is 43.7 Å². The van der Waals surface area contributed by atoms with Gasteiger partial charge in [-0.2, -0.15) is 0 Å². The first-order valence-corrected chi connectivity index (χ1v) is 5.78. The van der Waals surface area contributed by atoms with Gasteiger partial charge in [-0.15, -0.1) is 0 Å². The Morgan fingerprint density at radius 1 is 1.18 bits per heavy atom. The van der Waals surface area contributed by atoms with Crippen molar-refractivity contribution >= 4 is 11.6 Å². The van der Waals surface area contributed by atoms with Crippen molar-refractivity contribution in [1.82, 2.24) is 4.68 Å². The summed E-state index contributed by atoms with van der Waals surface area (Å²) in [5, 5.41) is 0.158. The molecule has 1 heterocycles. The molecule has 1 aromatic carbocycles. The molecule has 0 saturated heterocycles. The van der Waals surface area contributed by atoms with Gasteiger partial charge in [-0.3, -0.25) is 4.68 Å². The third-order valence-electron chi connectivity index (χ3n) is 2.70. The second kappa shape index (κ2) is 4.80. The second-order valence-electron chi connectivity index (χ2n) is 4.03. The molecule has 0 amide bonds. The van der Waals surface area contributed by atoms with Crippen LogP contribution in [0.3, 0.4) is 0 Å². The van der Waals surface area contributed by atoms with E-state index in [0.717, 1.165) is 17.0 Å². The molecular formula is C13H14ClFN2. The first-order valence-electron chi connectivity index (χ1n) is 5.40. The maximum Gasteiger partial charge on any atom is 0.141 e. The Morgan fingerprint density at radius 2 is 1.82 bits per heavy atom. The average molecular weight is 253 g/mol. The van der Waals surface area contributed by atoms with Gasteiger partial charge >= 0.3 is 0 Å². The van der Waals surface area contributed by atoms with Crippen LogP contribution in [0.5, 0.6) is 0 Å². The van der Waals surface area contributed by atoms with E-state index in [-0.39, 0.29) is 10.8 Å². The summed E-state index contributed by atoms with van der Waals surface area (Å²) < 4.78 is 15.0. The lowest BCUT2D eigenvalue weighted by Crippen LogP contribution is -2.16. The van der Waals surface area contributed by atoms with Crippen LogP contribution in [0.25, 0.3) is 0 Å². The quantitative estimate of drug-likeness (QED) is 0.883. The minimum Gasteiger partial charge on any atom is -0.322 e. The van der Waals surface area contributed by atoms with E-state index in [0.29, 0.717) is 6.54 Å². The Balaban J connectivity index is 2.10. The molecule has 17 heavy (non-hydrogen) atoms. The van der Waals surface area contributed by atoms with Crippen LogP contribution >= 0.6 is 11.6 Å².